The van der Waals surface area contributed by atoms with E-state index in [0.29, 0.717) is 33.7 Å². The molecule has 0 aliphatic rings. The van der Waals surface area contributed by atoms with E-state index in [4.69, 9.17) is 12.3 Å². The van der Waals surface area contributed by atoms with Crippen LogP contribution in [0, 0.1) is 41.3 Å². The maximum atomic E-state index is 8.26. The van der Waals surface area contributed by atoms with Gasteiger partial charge in [0, 0.05) is 47.1 Å². The van der Waals surface area contributed by atoms with Crippen LogP contribution < -0.4 is 13.7 Å². The van der Waals surface area contributed by atoms with Crippen LogP contribution >= 0.6 is 0 Å². The molecule has 15 aromatic rings. The normalized spacial score (nSPS) is 13.4. The van der Waals surface area contributed by atoms with Crippen LogP contribution in [-0.4, -0.2) is 28.7 Å². The lowest BCUT2D eigenvalue weighted by atomic mass is 10.1. The zero-order valence-corrected chi connectivity index (χ0v) is 47.5. The number of nitrogens with zero attached hydrogens (tertiary/aromatic N) is 9. The summed E-state index contributed by atoms with van der Waals surface area (Å²) in [5.74, 6) is 2.80. The number of imidazole rings is 3. The monoisotopic (exact) mass is 1100 g/mol. The molecule has 0 radical (unpaired) electrons. The second-order valence-electron chi connectivity index (χ2n) is 21.3. The van der Waals surface area contributed by atoms with Gasteiger partial charge in [0.15, 0.2) is 38.8 Å². The van der Waals surface area contributed by atoms with Crippen molar-refractivity contribution >= 4 is 65.7 Å². The predicted octanol–water partition coefficient (Wildman–Crippen LogP) is 15.9. The first-order valence-corrected chi connectivity index (χ1v) is 27.9. The number of rotatable bonds is 6. The smallest absolute Gasteiger partial charge is 0.264 e. The number of hydrogen-bond acceptors (Lipinski definition) is 3. The van der Waals surface area contributed by atoms with Crippen molar-refractivity contribution in [1.29, 1.82) is 0 Å². The van der Waals surface area contributed by atoms with Gasteiger partial charge in [0.25, 0.3) is 17.5 Å². The Morgan fingerprint density at radius 1 is 0.357 bits per heavy atom. The van der Waals surface area contributed by atoms with Gasteiger partial charge in [0.2, 0.25) is 0 Å². The minimum absolute atomic E-state index is 0.0994. The fourth-order valence-electron chi connectivity index (χ4n) is 11.9. The van der Waals surface area contributed by atoms with Crippen molar-refractivity contribution in [3.8, 4) is 51.2 Å². The van der Waals surface area contributed by atoms with Gasteiger partial charge in [-0.3, -0.25) is 9.97 Å². The second-order valence-corrected chi connectivity index (χ2v) is 21.3. The molecule has 0 spiro atoms. The zero-order chi connectivity index (χ0) is 65.3. The van der Waals surface area contributed by atoms with Crippen LogP contribution in [-0.2, 0) is 21.1 Å². The number of aromatic nitrogens is 9. The number of para-hydroxylation sites is 7. The van der Waals surface area contributed by atoms with E-state index in [1.54, 1.807) is 30.7 Å². The number of benzene rings is 9. The lowest BCUT2D eigenvalue weighted by molar-refractivity contribution is -0.634. The molecule has 408 valence electrons. The average Bonchev–Trinajstić information content (AvgIpc) is 1.39. The van der Waals surface area contributed by atoms with E-state index in [0.717, 1.165) is 105 Å². The zero-order valence-electron chi connectivity index (χ0n) is 56.5. The second kappa shape index (κ2) is 21.8. The molecule has 0 unspecified atom stereocenters. The molecule has 9 aromatic carbocycles. The van der Waals surface area contributed by atoms with E-state index in [9.17, 15) is 0 Å². The molecule has 9 heteroatoms. The Morgan fingerprint density at radius 3 is 1.31 bits per heavy atom. The largest absolute Gasteiger partial charge is 0.295 e. The van der Waals surface area contributed by atoms with E-state index in [1.807, 2.05) is 177 Å². The van der Waals surface area contributed by atoms with Crippen LogP contribution in [0.1, 0.15) is 45.8 Å². The first kappa shape index (κ1) is 43.4. The molecule has 0 bridgehead atoms. The highest BCUT2D eigenvalue weighted by Crippen LogP contribution is 2.36. The van der Waals surface area contributed by atoms with Crippen LogP contribution in [0.2, 0.25) is 0 Å². The van der Waals surface area contributed by atoms with Gasteiger partial charge in [-0.25, -0.2) is 18.7 Å². The van der Waals surface area contributed by atoms with Gasteiger partial charge in [-0.05, 0) is 178 Å². The van der Waals surface area contributed by atoms with Crippen molar-refractivity contribution in [3.63, 3.8) is 0 Å². The Labute approximate surface area is 502 Å². The third kappa shape index (κ3) is 9.24. The Kier molecular flexibility index (Phi) is 11.3. The summed E-state index contributed by atoms with van der Waals surface area (Å²) in [4.78, 5) is 13.2. The molecule has 0 amide bonds. The molecule has 0 saturated heterocycles. The third-order valence-electron chi connectivity index (χ3n) is 16.1. The van der Waals surface area contributed by atoms with Crippen LogP contribution in [0.3, 0.4) is 0 Å². The summed E-state index contributed by atoms with van der Waals surface area (Å²) in [7, 11) is 6.07. The first-order chi connectivity index (χ1) is 44.6. The lowest BCUT2D eigenvalue weighted by Gasteiger charge is -2.09. The molecular weight excluding hydrogens is 1030 g/mol. The van der Waals surface area contributed by atoms with Gasteiger partial charge >= 0.3 is 0 Å². The standard InChI is InChI=1S/3C25H22N3/c1-17-10-4-6-12-20(17)25-27(3)22-14-8-9-15-23(22)28(25)24-16-19-11-5-7-13-21(19)26-18(24)2;1-17-9-4-5-11-20(17)25-27(3)22-12-6-7-13-23(22)28(25)24-16-19-10-8-14-26-21(19)15-18(24)2;1-17-8-4-5-9-21(17)25-27(3)22-10-6-7-11-23(22)28(25)24-15-19-12-13-26-16-20(19)14-18(24)2/h3*4-16H,1-3H3/q3*+1/i3*2D3. The van der Waals surface area contributed by atoms with Gasteiger partial charge in [-0.1, -0.05) is 115 Å². The van der Waals surface area contributed by atoms with E-state index in [1.165, 1.54) is 0 Å². The van der Waals surface area contributed by atoms with Crippen molar-refractivity contribution < 1.29 is 26.0 Å². The number of pyridine rings is 3. The van der Waals surface area contributed by atoms with Crippen LogP contribution in [0.4, 0.5) is 0 Å². The summed E-state index contributed by atoms with van der Waals surface area (Å²) < 4.78 is 86.8. The number of fused-ring (bicyclic) bond motifs is 6. The first-order valence-electron chi connectivity index (χ1n) is 32.4. The topological polar surface area (TPSA) is 65.1 Å². The third-order valence-corrected chi connectivity index (χ3v) is 16.1. The highest BCUT2D eigenvalue weighted by atomic mass is 15.2. The molecule has 0 aliphatic heterocycles. The summed E-state index contributed by atoms with van der Waals surface area (Å²) >= 11 is 0. The molecule has 9 nitrogen and oxygen atoms in total. The fraction of sp³-hybridized carbons (Fsp3) is 0.120. The predicted molar refractivity (Wildman–Crippen MR) is 344 cm³/mol. The molecule has 0 fully saturated rings. The van der Waals surface area contributed by atoms with Crippen molar-refractivity contribution in [2.45, 2.75) is 41.3 Å². The minimum atomic E-state index is -2.35. The maximum Gasteiger partial charge on any atom is 0.295 e. The van der Waals surface area contributed by atoms with Gasteiger partial charge in [-0.2, -0.15) is 13.7 Å². The molecular formula is C75H66N9+3. The Hall–Kier alpha value is -10.4. The molecule has 0 aliphatic carbocycles. The van der Waals surface area contributed by atoms with E-state index < -0.39 is 20.6 Å². The number of hydrogen-bond donors (Lipinski definition) is 0. The molecule has 84 heavy (non-hydrogen) atoms. The van der Waals surface area contributed by atoms with E-state index >= 15 is 0 Å². The molecule has 0 atom stereocenters. The molecule has 15 rings (SSSR count). The molecule has 6 heterocycles. The van der Waals surface area contributed by atoms with Crippen molar-refractivity contribution in [1.82, 2.24) is 28.7 Å². The van der Waals surface area contributed by atoms with Crippen LogP contribution in [0.25, 0.3) is 117 Å². The summed E-state index contributed by atoms with van der Waals surface area (Å²) in [5, 5.41) is 3.58. The Bertz CT molecular complexity index is 4870. The summed E-state index contributed by atoms with van der Waals surface area (Å²) in [6.07, 6.45) is 5.14. The van der Waals surface area contributed by atoms with Gasteiger partial charge in [0.05, 0.1) is 54.6 Å². The number of aryl methyl sites for hydroxylation is 9. The fourth-order valence-corrected chi connectivity index (χ4v) is 11.9. The SMILES string of the molecule is [2H]C([2H])([2H])c1cc2cnccc2cc1-n1c(-c2ccccc2C)[n+](C)c2ccccc21.[2H]C([2H])([2H])c1cc2ncccc2cc1-n1c(-c2ccccc2C)[n+](C)c2ccccc21.[2H]C([2H])([2H])c1nc2ccccc2cc1-n1c(-c2ccccc2C)[n+](C)c2ccccc21. The highest BCUT2D eigenvalue weighted by Gasteiger charge is 2.31. The van der Waals surface area contributed by atoms with Crippen molar-refractivity contribution in [2.24, 2.45) is 21.1 Å². The summed E-state index contributed by atoms with van der Waals surface area (Å²) in [6.45, 7) is -0.687. The quantitative estimate of drug-likeness (QED) is 0.156. The van der Waals surface area contributed by atoms with Crippen molar-refractivity contribution in [2.75, 3.05) is 0 Å². The minimum Gasteiger partial charge on any atom is -0.264 e. The van der Waals surface area contributed by atoms with Crippen LogP contribution in [0.15, 0.2) is 237 Å². The summed E-state index contributed by atoms with van der Waals surface area (Å²) in [5.41, 5.74) is 16.4. The average molecular weight is 1100 g/mol. The molecule has 6 aromatic heterocycles. The van der Waals surface area contributed by atoms with Gasteiger partial charge in [0.1, 0.15) is 11.4 Å². The lowest BCUT2D eigenvalue weighted by Crippen LogP contribution is -2.30. The maximum absolute atomic E-state index is 8.26. The van der Waals surface area contributed by atoms with E-state index in [-0.39, 0.29) is 11.3 Å². The van der Waals surface area contributed by atoms with Crippen LogP contribution in [0.5, 0.6) is 0 Å². The Balaban J connectivity index is 0.000000127. The molecule has 0 N–H and O–H groups in total. The van der Waals surface area contributed by atoms with Gasteiger partial charge in [-0.15, -0.1) is 0 Å². The van der Waals surface area contributed by atoms with Gasteiger partial charge < -0.3 is 0 Å². The van der Waals surface area contributed by atoms with E-state index in [2.05, 4.69) is 113 Å². The molecule has 0 saturated carbocycles. The van der Waals surface area contributed by atoms with Crippen molar-refractivity contribution in [3.05, 3.63) is 270 Å². The summed E-state index contributed by atoms with van der Waals surface area (Å²) in [6, 6.07) is 71.5. The highest BCUT2D eigenvalue weighted by molar-refractivity contribution is 5.89. The Morgan fingerprint density at radius 2 is 0.786 bits per heavy atom.